The molecule has 0 saturated heterocycles. The van der Waals surface area contributed by atoms with Gasteiger partial charge in [0.05, 0.1) is 5.56 Å². The second-order valence-electron chi connectivity index (χ2n) is 2.68. The molecule has 0 aromatic carbocycles. The average molecular weight is 175 g/mol. The molecule has 0 aliphatic carbocycles. The molecule has 2 aromatic rings. The quantitative estimate of drug-likeness (QED) is 0.670. The van der Waals surface area contributed by atoms with Crippen LogP contribution in [0.1, 0.15) is 5.82 Å². The molecule has 0 aliphatic rings. The van der Waals surface area contributed by atoms with Gasteiger partial charge in [0.25, 0.3) is 0 Å². The molecule has 2 heterocycles. The first-order valence-electron chi connectivity index (χ1n) is 3.87. The summed E-state index contributed by atoms with van der Waals surface area (Å²) in [6.07, 6.45) is 1.64. The summed E-state index contributed by atoms with van der Waals surface area (Å²) >= 11 is 0. The summed E-state index contributed by atoms with van der Waals surface area (Å²) < 4.78 is 0. The zero-order valence-corrected chi connectivity index (χ0v) is 7.15. The van der Waals surface area contributed by atoms with E-state index >= 15 is 0 Å². The van der Waals surface area contributed by atoms with Crippen molar-refractivity contribution in [3.05, 3.63) is 24.2 Å². The van der Waals surface area contributed by atoms with Crippen molar-refractivity contribution in [2.45, 2.75) is 6.92 Å². The van der Waals surface area contributed by atoms with E-state index in [0.717, 1.165) is 11.4 Å². The van der Waals surface area contributed by atoms with Crippen molar-refractivity contribution in [3.63, 3.8) is 0 Å². The van der Waals surface area contributed by atoms with E-state index in [4.69, 9.17) is 5.73 Å². The first-order valence-corrected chi connectivity index (χ1v) is 3.87. The summed E-state index contributed by atoms with van der Waals surface area (Å²) in [5.74, 6) is 1.79. The molecule has 5 nitrogen and oxygen atoms in total. The molecule has 2 aromatic heterocycles. The highest BCUT2D eigenvalue weighted by atomic mass is 15.2. The minimum atomic E-state index is 0.446. The smallest absolute Gasteiger partial charge is 0.184 e. The van der Waals surface area contributed by atoms with Crippen molar-refractivity contribution in [2.75, 3.05) is 5.73 Å². The number of nitrogens with two attached hydrogens (primary N) is 1. The number of aromatic amines is 1. The summed E-state index contributed by atoms with van der Waals surface area (Å²) in [6.45, 7) is 1.84. The Bertz CT molecular complexity index is 420. The van der Waals surface area contributed by atoms with Crippen LogP contribution in [0.25, 0.3) is 11.4 Å². The van der Waals surface area contributed by atoms with Gasteiger partial charge in [0.2, 0.25) is 0 Å². The predicted molar refractivity (Wildman–Crippen MR) is 48.8 cm³/mol. The Morgan fingerprint density at radius 3 is 2.92 bits per heavy atom. The van der Waals surface area contributed by atoms with Gasteiger partial charge in [0.1, 0.15) is 11.6 Å². The van der Waals surface area contributed by atoms with E-state index in [2.05, 4.69) is 20.2 Å². The Morgan fingerprint density at radius 1 is 1.46 bits per heavy atom. The molecule has 0 spiro atoms. The molecule has 66 valence electrons. The number of anilines is 1. The van der Waals surface area contributed by atoms with Crippen molar-refractivity contribution >= 4 is 5.82 Å². The number of rotatable bonds is 1. The number of nitrogens with zero attached hydrogens (tertiary/aromatic N) is 3. The molecule has 2 rings (SSSR count). The minimum Gasteiger partial charge on any atom is -0.383 e. The molecular weight excluding hydrogens is 166 g/mol. The largest absolute Gasteiger partial charge is 0.383 e. The maximum absolute atomic E-state index is 5.66. The van der Waals surface area contributed by atoms with E-state index in [-0.39, 0.29) is 0 Å². The number of pyridine rings is 1. The number of nitrogen functional groups attached to an aromatic ring is 1. The van der Waals surface area contributed by atoms with E-state index in [1.807, 2.05) is 13.0 Å². The first kappa shape index (κ1) is 7.72. The number of hydrogen-bond donors (Lipinski definition) is 2. The van der Waals surface area contributed by atoms with Crippen LogP contribution in [0.2, 0.25) is 0 Å². The molecule has 0 aliphatic heterocycles. The minimum absolute atomic E-state index is 0.446. The Balaban J connectivity index is 2.52. The van der Waals surface area contributed by atoms with E-state index in [9.17, 15) is 0 Å². The van der Waals surface area contributed by atoms with Gasteiger partial charge in [-0.25, -0.2) is 9.97 Å². The molecule has 13 heavy (non-hydrogen) atoms. The van der Waals surface area contributed by atoms with Crippen molar-refractivity contribution < 1.29 is 0 Å². The Kier molecular flexibility index (Phi) is 1.70. The zero-order chi connectivity index (χ0) is 9.26. The molecule has 0 amide bonds. The third-order valence-corrected chi connectivity index (χ3v) is 1.68. The lowest BCUT2D eigenvalue weighted by Crippen LogP contribution is -1.93. The fourth-order valence-electron chi connectivity index (χ4n) is 1.07. The van der Waals surface area contributed by atoms with Crippen LogP contribution in [0.15, 0.2) is 18.3 Å². The lowest BCUT2D eigenvalue weighted by Gasteiger charge is -1.97. The highest BCUT2D eigenvalue weighted by Gasteiger charge is 2.06. The van der Waals surface area contributed by atoms with E-state index in [0.29, 0.717) is 11.6 Å². The molecule has 0 saturated carbocycles. The molecule has 3 N–H and O–H groups in total. The van der Waals surface area contributed by atoms with E-state index in [1.165, 1.54) is 0 Å². The van der Waals surface area contributed by atoms with Crippen LogP contribution >= 0.6 is 0 Å². The predicted octanol–water partition coefficient (Wildman–Crippen LogP) is 0.757. The van der Waals surface area contributed by atoms with E-state index < -0.39 is 0 Å². The van der Waals surface area contributed by atoms with Crippen LogP contribution in [0.5, 0.6) is 0 Å². The van der Waals surface area contributed by atoms with Gasteiger partial charge in [-0.15, -0.1) is 0 Å². The normalized spacial score (nSPS) is 10.2. The third kappa shape index (κ3) is 1.35. The van der Waals surface area contributed by atoms with Crippen LogP contribution in [-0.2, 0) is 0 Å². The van der Waals surface area contributed by atoms with Gasteiger partial charge >= 0.3 is 0 Å². The highest BCUT2D eigenvalue weighted by molar-refractivity contribution is 5.67. The van der Waals surface area contributed by atoms with Crippen LogP contribution in [0.4, 0.5) is 5.82 Å². The molecule has 0 bridgehead atoms. The molecule has 5 heteroatoms. The number of nitrogens with one attached hydrogen (secondary N) is 1. The third-order valence-electron chi connectivity index (χ3n) is 1.68. The fourth-order valence-corrected chi connectivity index (χ4v) is 1.07. The lowest BCUT2D eigenvalue weighted by atomic mass is 10.2. The summed E-state index contributed by atoms with van der Waals surface area (Å²) in [6, 6.07) is 3.64. The van der Waals surface area contributed by atoms with Crippen LogP contribution < -0.4 is 5.73 Å². The summed E-state index contributed by atoms with van der Waals surface area (Å²) in [5.41, 5.74) is 6.41. The topological polar surface area (TPSA) is 80.5 Å². The number of H-pyrrole nitrogens is 1. The molecule has 0 radical (unpaired) electrons. The summed E-state index contributed by atoms with van der Waals surface area (Å²) in [4.78, 5) is 8.10. The standard InChI is InChI=1S/C8H9N5/c1-5-11-8(13-12-5)6-3-2-4-10-7(6)9/h2-4H,1H3,(H2,9,10)(H,11,12,13). The fraction of sp³-hybridized carbons (Fsp3) is 0.125. The van der Waals surface area contributed by atoms with Gasteiger partial charge < -0.3 is 5.73 Å². The number of aromatic nitrogens is 4. The average Bonchev–Trinajstić information content (AvgIpc) is 2.53. The first-order chi connectivity index (χ1) is 6.27. The van der Waals surface area contributed by atoms with Gasteiger partial charge in [0, 0.05) is 6.20 Å². The van der Waals surface area contributed by atoms with E-state index in [1.54, 1.807) is 12.3 Å². The Labute approximate surface area is 75.0 Å². The summed E-state index contributed by atoms with van der Waals surface area (Å²) in [5, 5.41) is 6.74. The van der Waals surface area contributed by atoms with Crippen molar-refractivity contribution in [3.8, 4) is 11.4 Å². The molecular formula is C8H9N5. The van der Waals surface area contributed by atoms with Gasteiger partial charge in [0.15, 0.2) is 5.82 Å². The molecule has 0 fully saturated rings. The van der Waals surface area contributed by atoms with Gasteiger partial charge in [-0.05, 0) is 19.1 Å². The monoisotopic (exact) mass is 175 g/mol. The van der Waals surface area contributed by atoms with Gasteiger partial charge in [-0.3, -0.25) is 5.10 Å². The lowest BCUT2D eigenvalue weighted by molar-refractivity contribution is 1.04. The van der Waals surface area contributed by atoms with Crippen LogP contribution in [0.3, 0.4) is 0 Å². The Morgan fingerprint density at radius 2 is 2.31 bits per heavy atom. The molecule has 0 atom stereocenters. The number of hydrogen-bond acceptors (Lipinski definition) is 4. The van der Waals surface area contributed by atoms with Crippen molar-refractivity contribution in [1.82, 2.24) is 20.2 Å². The molecule has 0 unspecified atom stereocenters. The van der Waals surface area contributed by atoms with Gasteiger partial charge in [-0.1, -0.05) is 0 Å². The maximum atomic E-state index is 5.66. The zero-order valence-electron chi connectivity index (χ0n) is 7.15. The van der Waals surface area contributed by atoms with Crippen LogP contribution in [-0.4, -0.2) is 20.2 Å². The summed E-state index contributed by atoms with van der Waals surface area (Å²) in [7, 11) is 0. The SMILES string of the molecule is Cc1nc(-c2cccnc2N)n[nH]1. The number of aryl methyl sites for hydroxylation is 1. The highest BCUT2D eigenvalue weighted by Crippen LogP contribution is 2.18. The van der Waals surface area contributed by atoms with Crippen molar-refractivity contribution in [2.24, 2.45) is 0 Å². The van der Waals surface area contributed by atoms with Crippen LogP contribution in [0, 0.1) is 6.92 Å². The van der Waals surface area contributed by atoms with Gasteiger partial charge in [-0.2, -0.15) is 5.10 Å². The second kappa shape index (κ2) is 2.85. The van der Waals surface area contributed by atoms with Crippen molar-refractivity contribution in [1.29, 1.82) is 0 Å². The second-order valence-corrected chi connectivity index (χ2v) is 2.68. The Hall–Kier alpha value is -1.91. The maximum Gasteiger partial charge on any atom is 0.184 e.